The molecule has 1 amide bonds. The largest absolute Gasteiger partial charge is 0.378 e. The molecule has 0 unspecified atom stereocenters. The molecule has 0 aliphatic carbocycles. The minimum absolute atomic E-state index is 0.0222. The van der Waals surface area contributed by atoms with Gasteiger partial charge in [0.15, 0.2) is 5.78 Å². The van der Waals surface area contributed by atoms with Crippen molar-refractivity contribution in [3.05, 3.63) is 29.8 Å². The summed E-state index contributed by atoms with van der Waals surface area (Å²) < 4.78 is 10.9. The van der Waals surface area contributed by atoms with Crippen molar-refractivity contribution in [1.29, 1.82) is 0 Å². The molecule has 1 fully saturated rings. The number of rotatable bonds is 7. The molecular formula is C16H21NO4. The first kappa shape index (κ1) is 15.7. The fourth-order valence-electron chi connectivity index (χ4n) is 2.19. The molecule has 0 spiro atoms. The highest BCUT2D eigenvalue weighted by molar-refractivity contribution is 5.97. The van der Waals surface area contributed by atoms with Crippen molar-refractivity contribution < 1.29 is 19.1 Å². The lowest BCUT2D eigenvalue weighted by atomic mass is 10.1. The van der Waals surface area contributed by atoms with Gasteiger partial charge in [-0.1, -0.05) is 12.1 Å². The summed E-state index contributed by atoms with van der Waals surface area (Å²) in [4.78, 5) is 23.1. The predicted octanol–water partition coefficient (Wildman–Crippen LogP) is 2.41. The van der Waals surface area contributed by atoms with E-state index in [1.165, 1.54) is 6.92 Å². The molecule has 1 aromatic rings. The van der Waals surface area contributed by atoms with Crippen molar-refractivity contribution in [1.82, 2.24) is 0 Å². The highest BCUT2D eigenvalue weighted by atomic mass is 16.5. The molecule has 1 saturated heterocycles. The number of benzene rings is 1. The first-order valence-corrected chi connectivity index (χ1v) is 7.25. The second-order valence-electron chi connectivity index (χ2n) is 5.15. The summed E-state index contributed by atoms with van der Waals surface area (Å²) in [5, 5.41) is 2.76. The zero-order valence-electron chi connectivity index (χ0n) is 12.3. The third kappa shape index (κ3) is 5.28. The van der Waals surface area contributed by atoms with Gasteiger partial charge >= 0.3 is 0 Å². The SMILES string of the molecule is CC(=O)c1cccc(NC(=O)CCOC[C@H]2CCCO2)c1. The first-order chi connectivity index (χ1) is 10.1. The van der Waals surface area contributed by atoms with Gasteiger partial charge in [0.25, 0.3) is 0 Å². The third-order valence-corrected chi connectivity index (χ3v) is 3.35. The number of ether oxygens (including phenoxy) is 2. The Kier molecular flexibility index (Phi) is 5.90. The number of hydrogen-bond acceptors (Lipinski definition) is 4. The Bertz CT molecular complexity index is 495. The lowest BCUT2D eigenvalue weighted by Gasteiger charge is -2.10. The molecule has 1 atom stereocenters. The molecule has 0 saturated carbocycles. The summed E-state index contributed by atoms with van der Waals surface area (Å²) in [6.07, 6.45) is 2.59. The summed E-state index contributed by atoms with van der Waals surface area (Å²) in [7, 11) is 0. The van der Waals surface area contributed by atoms with Crippen molar-refractivity contribution in [3.8, 4) is 0 Å². The fraction of sp³-hybridized carbons (Fsp3) is 0.500. The smallest absolute Gasteiger partial charge is 0.226 e. The van der Waals surface area contributed by atoms with E-state index in [1.54, 1.807) is 24.3 Å². The quantitative estimate of drug-likeness (QED) is 0.619. The van der Waals surface area contributed by atoms with Crippen molar-refractivity contribution in [3.63, 3.8) is 0 Å². The molecule has 5 heteroatoms. The van der Waals surface area contributed by atoms with Gasteiger partial charge in [-0.15, -0.1) is 0 Å². The molecule has 1 aliphatic rings. The Hall–Kier alpha value is -1.72. The molecule has 0 aromatic heterocycles. The lowest BCUT2D eigenvalue weighted by molar-refractivity contribution is -0.117. The minimum atomic E-state index is -0.122. The summed E-state index contributed by atoms with van der Waals surface area (Å²) in [5.74, 6) is -0.144. The molecule has 1 aliphatic heterocycles. The van der Waals surface area contributed by atoms with E-state index in [9.17, 15) is 9.59 Å². The Balaban J connectivity index is 1.69. The zero-order valence-corrected chi connectivity index (χ0v) is 12.3. The molecule has 2 rings (SSSR count). The van der Waals surface area contributed by atoms with Crippen molar-refractivity contribution in [2.75, 3.05) is 25.1 Å². The number of hydrogen-bond donors (Lipinski definition) is 1. The van der Waals surface area contributed by atoms with E-state index in [2.05, 4.69) is 5.32 Å². The maximum Gasteiger partial charge on any atom is 0.226 e. The molecule has 1 heterocycles. The second kappa shape index (κ2) is 7.90. The number of carbonyl (C=O) groups excluding carboxylic acids is 2. The van der Waals surface area contributed by atoms with Gasteiger partial charge in [-0.3, -0.25) is 9.59 Å². The highest BCUT2D eigenvalue weighted by Crippen LogP contribution is 2.13. The zero-order chi connectivity index (χ0) is 15.1. The normalized spacial score (nSPS) is 17.7. The van der Waals surface area contributed by atoms with E-state index in [-0.39, 0.29) is 24.2 Å². The summed E-state index contributed by atoms with van der Waals surface area (Å²) in [5.41, 5.74) is 1.22. The Morgan fingerprint density at radius 1 is 1.43 bits per heavy atom. The number of Topliss-reactive ketones (excluding diaryl/α,β-unsaturated/α-hetero) is 1. The van der Waals surface area contributed by atoms with Crippen LogP contribution < -0.4 is 5.32 Å². The van der Waals surface area contributed by atoms with E-state index < -0.39 is 0 Å². The first-order valence-electron chi connectivity index (χ1n) is 7.25. The van der Waals surface area contributed by atoms with Gasteiger partial charge in [-0.2, -0.15) is 0 Å². The Labute approximate surface area is 124 Å². The van der Waals surface area contributed by atoms with Crippen LogP contribution in [0.3, 0.4) is 0 Å². The van der Waals surface area contributed by atoms with Crippen LogP contribution in [0.4, 0.5) is 5.69 Å². The molecule has 1 N–H and O–H groups in total. The predicted molar refractivity (Wildman–Crippen MR) is 79.5 cm³/mol. The van der Waals surface area contributed by atoms with Gasteiger partial charge in [-0.05, 0) is 31.9 Å². The Morgan fingerprint density at radius 2 is 2.29 bits per heavy atom. The molecule has 21 heavy (non-hydrogen) atoms. The van der Waals surface area contributed by atoms with Crippen LogP contribution in [0.15, 0.2) is 24.3 Å². The number of anilines is 1. The molecular weight excluding hydrogens is 270 g/mol. The number of ketones is 1. The van der Waals surface area contributed by atoms with Crippen molar-refractivity contribution in [2.24, 2.45) is 0 Å². The average Bonchev–Trinajstić information content (AvgIpc) is 2.97. The van der Waals surface area contributed by atoms with Crippen LogP contribution in [0.2, 0.25) is 0 Å². The standard InChI is InChI=1S/C16H21NO4/c1-12(18)13-4-2-5-14(10-13)17-16(19)7-9-20-11-15-6-3-8-21-15/h2,4-5,10,15H,3,6-9,11H2,1H3,(H,17,19)/t15-/m1/s1. The molecule has 114 valence electrons. The monoisotopic (exact) mass is 291 g/mol. The van der Waals surface area contributed by atoms with Gasteiger partial charge in [0.1, 0.15) is 0 Å². The van der Waals surface area contributed by atoms with Crippen molar-refractivity contribution in [2.45, 2.75) is 32.3 Å². The van der Waals surface area contributed by atoms with Crippen molar-refractivity contribution >= 4 is 17.4 Å². The topological polar surface area (TPSA) is 64.6 Å². The highest BCUT2D eigenvalue weighted by Gasteiger charge is 2.15. The van der Waals surface area contributed by atoms with E-state index in [4.69, 9.17) is 9.47 Å². The third-order valence-electron chi connectivity index (χ3n) is 3.35. The average molecular weight is 291 g/mol. The second-order valence-corrected chi connectivity index (χ2v) is 5.15. The van der Waals surface area contributed by atoms with Crippen LogP contribution >= 0.6 is 0 Å². The van der Waals surface area contributed by atoms with E-state index in [0.29, 0.717) is 24.5 Å². The van der Waals surface area contributed by atoms with Gasteiger partial charge in [0, 0.05) is 17.9 Å². The van der Waals surface area contributed by atoms with Crippen LogP contribution in [0.25, 0.3) is 0 Å². The van der Waals surface area contributed by atoms with Gasteiger partial charge < -0.3 is 14.8 Å². The van der Waals surface area contributed by atoms with E-state index in [1.807, 2.05) is 0 Å². The number of carbonyl (C=O) groups is 2. The summed E-state index contributed by atoms with van der Waals surface area (Å²) >= 11 is 0. The van der Waals surface area contributed by atoms with E-state index in [0.717, 1.165) is 19.4 Å². The minimum Gasteiger partial charge on any atom is -0.378 e. The summed E-state index contributed by atoms with van der Waals surface area (Å²) in [6, 6.07) is 6.91. The van der Waals surface area contributed by atoms with Gasteiger partial charge in [0.05, 0.1) is 25.7 Å². The van der Waals surface area contributed by atoms with Crippen LogP contribution in [0.1, 0.15) is 36.5 Å². The van der Waals surface area contributed by atoms with Crippen LogP contribution in [0.5, 0.6) is 0 Å². The van der Waals surface area contributed by atoms with Crippen LogP contribution in [-0.4, -0.2) is 37.6 Å². The molecule has 0 radical (unpaired) electrons. The maximum absolute atomic E-state index is 11.8. The van der Waals surface area contributed by atoms with E-state index >= 15 is 0 Å². The van der Waals surface area contributed by atoms with Crippen LogP contribution in [0, 0.1) is 0 Å². The lowest BCUT2D eigenvalue weighted by Crippen LogP contribution is -2.18. The summed E-state index contributed by atoms with van der Waals surface area (Å²) in [6.45, 7) is 3.23. The number of amides is 1. The maximum atomic E-state index is 11.8. The van der Waals surface area contributed by atoms with Gasteiger partial charge in [0.2, 0.25) is 5.91 Å². The van der Waals surface area contributed by atoms with Crippen LogP contribution in [-0.2, 0) is 14.3 Å². The fourth-order valence-corrected chi connectivity index (χ4v) is 2.19. The molecule has 5 nitrogen and oxygen atoms in total. The van der Waals surface area contributed by atoms with Gasteiger partial charge in [-0.25, -0.2) is 0 Å². The molecule has 1 aromatic carbocycles. The number of nitrogens with one attached hydrogen (secondary N) is 1. The Morgan fingerprint density at radius 3 is 3.00 bits per heavy atom. The molecule has 0 bridgehead atoms.